The van der Waals surface area contributed by atoms with Gasteiger partial charge in [-0.15, -0.1) is 0 Å². The van der Waals surface area contributed by atoms with Crippen LogP contribution in [-0.4, -0.2) is 26.3 Å². The first kappa shape index (κ1) is 18.6. The number of benzene rings is 3. The Bertz CT molecular complexity index is 1280. The third kappa shape index (κ3) is 3.81. The molecule has 3 aromatic carbocycles. The van der Waals surface area contributed by atoms with E-state index < -0.39 is 4.92 Å². The Morgan fingerprint density at radius 1 is 1.07 bits per heavy atom. The van der Waals surface area contributed by atoms with Crippen LogP contribution >= 0.6 is 15.9 Å². The van der Waals surface area contributed by atoms with E-state index in [9.17, 15) is 20.3 Å². The molecule has 0 aliphatic heterocycles. The van der Waals surface area contributed by atoms with Crippen LogP contribution in [0.4, 0.5) is 11.4 Å². The van der Waals surface area contributed by atoms with Crippen LogP contribution in [0.5, 0.6) is 11.5 Å². The van der Waals surface area contributed by atoms with Crippen molar-refractivity contribution in [1.29, 1.82) is 0 Å². The molecule has 0 amide bonds. The number of aliphatic imine (C=N–C) groups is 1. The van der Waals surface area contributed by atoms with Crippen LogP contribution < -0.4 is 0 Å². The van der Waals surface area contributed by atoms with Crippen molar-refractivity contribution in [2.24, 2.45) is 4.99 Å². The summed E-state index contributed by atoms with van der Waals surface area (Å²) in [5.74, 6) is 0.395. The zero-order valence-corrected chi connectivity index (χ0v) is 16.2. The molecule has 9 heteroatoms. The maximum Gasteiger partial charge on any atom is 0.270 e. The van der Waals surface area contributed by atoms with Gasteiger partial charge in [0, 0.05) is 29.5 Å². The van der Waals surface area contributed by atoms with Crippen LogP contribution in [0.15, 0.2) is 68.5 Å². The highest BCUT2D eigenvalue weighted by Crippen LogP contribution is 2.32. The van der Waals surface area contributed by atoms with E-state index in [4.69, 9.17) is 4.42 Å². The molecular formula is C20H12BrN3O5. The number of nitro benzene ring substituents is 1. The third-order valence-corrected chi connectivity index (χ3v) is 4.78. The SMILES string of the molecule is O=[N+]([O-])c1ccc(O)c(C=Nc2ccc3oc(-c4ccc(O)c(Br)c4)nc3c2)c1. The summed E-state index contributed by atoms with van der Waals surface area (Å²) in [5.41, 5.74) is 2.45. The highest BCUT2D eigenvalue weighted by molar-refractivity contribution is 9.10. The van der Waals surface area contributed by atoms with Gasteiger partial charge in [-0.25, -0.2) is 4.98 Å². The lowest BCUT2D eigenvalue weighted by Gasteiger charge is -1.99. The van der Waals surface area contributed by atoms with Gasteiger partial charge in [-0.05, 0) is 58.4 Å². The second-order valence-corrected chi connectivity index (χ2v) is 6.95. The topological polar surface area (TPSA) is 122 Å². The zero-order chi connectivity index (χ0) is 20.5. The van der Waals surface area contributed by atoms with Crippen molar-refractivity contribution >= 4 is 44.6 Å². The molecule has 0 aliphatic carbocycles. The Hall–Kier alpha value is -3.72. The van der Waals surface area contributed by atoms with Crippen molar-refractivity contribution in [3.05, 3.63) is 74.7 Å². The number of aromatic hydroxyl groups is 2. The number of phenols is 2. The molecule has 0 saturated carbocycles. The molecule has 0 radical (unpaired) electrons. The molecular weight excluding hydrogens is 442 g/mol. The Morgan fingerprint density at radius 2 is 1.86 bits per heavy atom. The van der Waals surface area contributed by atoms with Crippen molar-refractivity contribution in [1.82, 2.24) is 4.98 Å². The van der Waals surface area contributed by atoms with Crippen molar-refractivity contribution in [2.45, 2.75) is 0 Å². The first-order chi connectivity index (χ1) is 13.9. The minimum Gasteiger partial charge on any atom is -0.507 e. The number of fused-ring (bicyclic) bond motifs is 1. The number of phenolic OH excluding ortho intramolecular Hbond substituents is 2. The first-order valence-electron chi connectivity index (χ1n) is 8.31. The molecule has 4 rings (SSSR count). The second-order valence-electron chi connectivity index (χ2n) is 6.10. The lowest BCUT2D eigenvalue weighted by atomic mass is 10.2. The van der Waals surface area contributed by atoms with Gasteiger partial charge in [0.1, 0.15) is 17.0 Å². The van der Waals surface area contributed by atoms with E-state index in [0.29, 0.717) is 32.7 Å². The van der Waals surface area contributed by atoms with Crippen molar-refractivity contribution in [2.75, 3.05) is 0 Å². The average molecular weight is 454 g/mol. The number of nitrogens with zero attached hydrogens (tertiary/aromatic N) is 3. The van der Waals surface area contributed by atoms with E-state index in [1.807, 2.05) is 0 Å². The summed E-state index contributed by atoms with van der Waals surface area (Å²) < 4.78 is 6.27. The zero-order valence-electron chi connectivity index (χ0n) is 14.6. The Balaban J connectivity index is 1.66. The molecule has 2 N–H and O–H groups in total. The summed E-state index contributed by atoms with van der Waals surface area (Å²) >= 11 is 3.26. The average Bonchev–Trinajstić information content (AvgIpc) is 3.12. The number of non-ortho nitro benzene ring substituents is 1. The quantitative estimate of drug-likeness (QED) is 0.244. The van der Waals surface area contributed by atoms with Crippen molar-refractivity contribution in [3.8, 4) is 23.0 Å². The summed E-state index contributed by atoms with van der Waals surface area (Å²) in [4.78, 5) is 19.1. The molecule has 0 saturated heterocycles. The lowest BCUT2D eigenvalue weighted by molar-refractivity contribution is -0.384. The standard InChI is InChI=1S/C20H12BrN3O5/c21-15-8-11(1-4-18(15)26)20-23-16-9-13(2-6-19(16)29-20)22-10-12-7-14(24(27)28)3-5-17(12)25/h1-10,25-26H. The highest BCUT2D eigenvalue weighted by Gasteiger charge is 2.11. The van der Waals surface area contributed by atoms with Gasteiger partial charge in [0.25, 0.3) is 5.69 Å². The van der Waals surface area contributed by atoms with E-state index >= 15 is 0 Å². The number of halogens is 1. The van der Waals surface area contributed by atoms with Crippen LogP contribution in [0, 0.1) is 10.1 Å². The molecule has 4 aromatic rings. The molecule has 0 atom stereocenters. The fraction of sp³-hybridized carbons (Fsp3) is 0. The number of hydrogen-bond acceptors (Lipinski definition) is 7. The van der Waals surface area contributed by atoms with Gasteiger partial charge < -0.3 is 14.6 Å². The van der Waals surface area contributed by atoms with E-state index in [-0.39, 0.29) is 22.7 Å². The summed E-state index contributed by atoms with van der Waals surface area (Å²) in [6.07, 6.45) is 1.35. The number of aromatic nitrogens is 1. The molecule has 8 nitrogen and oxygen atoms in total. The molecule has 0 aliphatic rings. The summed E-state index contributed by atoms with van der Waals surface area (Å²) in [6.45, 7) is 0. The normalized spacial score (nSPS) is 11.3. The Labute approximate surface area is 172 Å². The van der Waals surface area contributed by atoms with Gasteiger partial charge in [0.15, 0.2) is 5.58 Å². The minimum atomic E-state index is -0.540. The Kier molecular flexibility index (Phi) is 4.73. The van der Waals surface area contributed by atoms with Crippen LogP contribution in [0.25, 0.3) is 22.6 Å². The van der Waals surface area contributed by atoms with Gasteiger partial charge in [0.2, 0.25) is 5.89 Å². The smallest absolute Gasteiger partial charge is 0.270 e. The van der Waals surface area contributed by atoms with E-state index in [2.05, 4.69) is 25.9 Å². The lowest BCUT2D eigenvalue weighted by Crippen LogP contribution is -1.90. The van der Waals surface area contributed by atoms with Gasteiger partial charge in [-0.1, -0.05) is 0 Å². The highest BCUT2D eigenvalue weighted by atomic mass is 79.9. The Morgan fingerprint density at radius 3 is 2.62 bits per heavy atom. The van der Waals surface area contributed by atoms with Crippen LogP contribution in [-0.2, 0) is 0 Å². The van der Waals surface area contributed by atoms with Crippen LogP contribution in [0.2, 0.25) is 0 Å². The fourth-order valence-electron chi connectivity index (χ4n) is 2.66. The van der Waals surface area contributed by atoms with Gasteiger partial charge in [-0.3, -0.25) is 15.1 Å². The van der Waals surface area contributed by atoms with Gasteiger partial charge in [-0.2, -0.15) is 0 Å². The molecule has 0 fully saturated rings. The van der Waals surface area contributed by atoms with E-state index in [1.54, 1.807) is 30.3 Å². The number of nitro groups is 1. The minimum absolute atomic E-state index is 0.109. The fourth-order valence-corrected chi connectivity index (χ4v) is 3.04. The van der Waals surface area contributed by atoms with Crippen LogP contribution in [0.3, 0.4) is 0 Å². The van der Waals surface area contributed by atoms with Gasteiger partial charge in [0.05, 0.1) is 15.1 Å². The second kappa shape index (κ2) is 7.36. The molecule has 1 aromatic heterocycles. The maximum atomic E-state index is 10.9. The number of hydrogen-bond donors (Lipinski definition) is 2. The van der Waals surface area contributed by atoms with E-state index in [0.717, 1.165) is 0 Å². The molecule has 0 spiro atoms. The van der Waals surface area contributed by atoms with E-state index in [1.165, 1.54) is 30.5 Å². The molecule has 144 valence electrons. The maximum absolute atomic E-state index is 10.9. The molecule has 0 bridgehead atoms. The molecule has 0 unspecified atom stereocenters. The predicted octanol–water partition coefficient (Wildman–Crippen LogP) is 5.33. The first-order valence-corrected chi connectivity index (χ1v) is 9.11. The number of rotatable bonds is 4. The monoisotopic (exact) mass is 453 g/mol. The molecule has 29 heavy (non-hydrogen) atoms. The van der Waals surface area contributed by atoms with Crippen LogP contribution in [0.1, 0.15) is 5.56 Å². The summed E-state index contributed by atoms with van der Waals surface area (Å²) in [5, 5.41) is 30.4. The summed E-state index contributed by atoms with van der Waals surface area (Å²) in [6, 6.07) is 13.8. The third-order valence-electron chi connectivity index (χ3n) is 4.14. The number of oxazole rings is 1. The van der Waals surface area contributed by atoms with Gasteiger partial charge >= 0.3 is 0 Å². The largest absolute Gasteiger partial charge is 0.507 e. The van der Waals surface area contributed by atoms with Crippen molar-refractivity contribution in [3.63, 3.8) is 0 Å². The van der Waals surface area contributed by atoms with Crippen molar-refractivity contribution < 1.29 is 19.6 Å². The molecule has 1 heterocycles. The predicted molar refractivity (Wildman–Crippen MR) is 111 cm³/mol. The summed E-state index contributed by atoms with van der Waals surface area (Å²) in [7, 11) is 0.